The van der Waals surface area contributed by atoms with Crippen molar-refractivity contribution in [1.29, 1.82) is 0 Å². The molecular weight excluding hydrogens is 219 g/mol. The van der Waals surface area contributed by atoms with E-state index in [2.05, 4.69) is 0 Å². The number of halogens is 3. The summed E-state index contributed by atoms with van der Waals surface area (Å²) in [6, 6.07) is 3.29. The SMILES string of the molecule is NC(Cc1ccc2c(c1)CCO2)C(F)(F)F. The minimum absolute atomic E-state index is 0.184. The van der Waals surface area contributed by atoms with Gasteiger partial charge >= 0.3 is 6.18 Å². The second kappa shape index (κ2) is 3.97. The molecule has 16 heavy (non-hydrogen) atoms. The molecule has 0 saturated carbocycles. The van der Waals surface area contributed by atoms with E-state index < -0.39 is 12.2 Å². The maximum atomic E-state index is 12.3. The summed E-state index contributed by atoms with van der Waals surface area (Å²) in [4.78, 5) is 0. The Hall–Kier alpha value is -1.23. The Bertz CT molecular complexity index is 389. The molecule has 0 fully saturated rings. The van der Waals surface area contributed by atoms with Crippen LogP contribution in [-0.4, -0.2) is 18.8 Å². The Morgan fingerprint density at radius 1 is 1.38 bits per heavy atom. The molecule has 1 aromatic rings. The number of fused-ring (bicyclic) bond motifs is 1. The fourth-order valence-electron chi connectivity index (χ4n) is 1.74. The molecule has 0 radical (unpaired) electrons. The van der Waals surface area contributed by atoms with E-state index in [1.54, 1.807) is 18.2 Å². The van der Waals surface area contributed by atoms with Gasteiger partial charge in [-0.1, -0.05) is 12.1 Å². The molecule has 1 atom stereocenters. The van der Waals surface area contributed by atoms with E-state index in [9.17, 15) is 13.2 Å². The molecule has 1 aromatic carbocycles. The first-order chi connectivity index (χ1) is 7.47. The van der Waals surface area contributed by atoms with Crippen LogP contribution in [0.3, 0.4) is 0 Å². The van der Waals surface area contributed by atoms with Crippen molar-refractivity contribution < 1.29 is 17.9 Å². The van der Waals surface area contributed by atoms with Crippen LogP contribution in [0.25, 0.3) is 0 Å². The smallest absolute Gasteiger partial charge is 0.403 e. The minimum atomic E-state index is -4.34. The van der Waals surface area contributed by atoms with Gasteiger partial charge in [0.25, 0.3) is 0 Å². The largest absolute Gasteiger partial charge is 0.493 e. The standard InChI is InChI=1S/C11H12F3NO/c12-11(13,14)10(15)6-7-1-2-9-8(5-7)3-4-16-9/h1-2,5,10H,3-4,6,15H2. The highest BCUT2D eigenvalue weighted by molar-refractivity contribution is 5.40. The first kappa shape index (κ1) is 11.3. The maximum absolute atomic E-state index is 12.3. The molecule has 2 N–H and O–H groups in total. The molecule has 88 valence electrons. The molecule has 1 aliphatic rings. The monoisotopic (exact) mass is 231 g/mol. The molecule has 1 aliphatic heterocycles. The van der Waals surface area contributed by atoms with Gasteiger partial charge in [-0.3, -0.25) is 0 Å². The number of hydrogen-bond donors (Lipinski definition) is 1. The predicted octanol–water partition coefficient (Wildman–Crippen LogP) is 2.05. The fourth-order valence-corrected chi connectivity index (χ4v) is 1.74. The van der Waals surface area contributed by atoms with Gasteiger partial charge in [-0.25, -0.2) is 0 Å². The highest BCUT2D eigenvalue weighted by Gasteiger charge is 2.36. The number of rotatable bonds is 2. The van der Waals surface area contributed by atoms with E-state index in [4.69, 9.17) is 10.5 Å². The lowest BCUT2D eigenvalue weighted by molar-refractivity contribution is -0.147. The molecule has 0 saturated heterocycles. The average molecular weight is 231 g/mol. The Balaban J connectivity index is 2.11. The average Bonchev–Trinajstić information content (AvgIpc) is 2.63. The Kier molecular flexibility index (Phi) is 2.80. The highest BCUT2D eigenvalue weighted by atomic mass is 19.4. The van der Waals surface area contributed by atoms with Crippen molar-refractivity contribution >= 4 is 0 Å². The van der Waals surface area contributed by atoms with E-state index in [0.29, 0.717) is 12.2 Å². The first-order valence-corrected chi connectivity index (χ1v) is 5.04. The van der Waals surface area contributed by atoms with E-state index >= 15 is 0 Å². The van der Waals surface area contributed by atoms with E-state index in [-0.39, 0.29) is 6.42 Å². The molecular formula is C11H12F3NO. The third kappa shape index (κ3) is 2.29. The van der Waals surface area contributed by atoms with Crippen molar-refractivity contribution in [2.45, 2.75) is 25.1 Å². The number of benzene rings is 1. The lowest BCUT2D eigenvalue weighted by Gasteiger charge is -2.15. The second-order valence-electron chi connectivity index (χ2n) is 3.89. The molecule has 0 aromatic heterocycles. The van der Waals surface area contributed by atoms with Gasteiger partial charge < -0.3 is 10.5 Å². The number of nitrogens with two attached hydrogens (primary N) is 1. The summed E-state index contributed by atoms with van der Waals surface area (Å²) in [7, 11) is 0. The molecule has 0 bridgehead atoms. The van der Waals surface area contributed by atoms with Gasteiger partial charge in [0, 0.05) is 6.42 Å². The number of alkyl halides is 3. The lowest BCUT2D eigenvalue weighted by Crippen LogP contribution is -2.39. The third-order valence-electron chi connectivity index (χ3n) is 2.63. The first-order valence-electron chi connectivity index (χ1n) is 5.04. The van der Waals surface area contributed by atoms with Crippen LogP contribution in [-0.2, 0) is 12.8 Å². The zero-order chi connectivity index (χ0) is 11.8. The van der Waals surface area contributed by atoms with Crippen molar-refractivity contribution in [3.05, 3.63) is 29.3 Å². The molecule has 1 heterocycles. The number of ether oxygens (including phenoxy) is 1. The number of hydrogen-bond acceptors (Lipinski definition) is 2. The molecule has 0 amide bonds. The van der Waals surface area contributed by atoms with Crippen LogP contribution < -0.4 is 10.5 Å². The molecule has 2 rings (SSSR count). The Labute approximate surface area is 91.2 Å². The van der Waals surface area contributed by atoms with Gasteiger partial charge in [-0.05, 0) is 23.6 Å². The van der Waals surface area contributed by atoms with Crippen LogP contribution in [0.4, 0.5) is 13.2 Å². The van der Waals surface area contributed by atoms with Crippen LogP contribution in [0, 0.1) is 0 Å². The van der Waals surface area contributed by atoms with Crippen LogP contribution in [0.15, 0.2) is 18.2 Å². The zero-order valence-corrected chi connectivity index (χ0v) is 8.55. The Morgan fingerprint density at radius 3 is 2.81 bits per heavy atom. The topological polar surface area (TPSA) is 35.2 Å². The van der Waals surface area contributed by atoms with Gasteiger partial charge in [0.1, 0.15) is 11.8 Å². The van der Waals surface area contributed by atoms with Gasteiger partial charge in [0.2, 0.25) is 0 Å². The van der Waals surface area contributed by atoms with Crippen molar-refractivity contribution in [3.63, 3.8) is 0 Å². The molecule has 1 unspecified atom stereocenters. The van der Waals surface area contributed by atoms with E-state index in [0.717, 1.165) is 17.7 Å². The summed E-state index contributed by atoms with van der Waals surface area (Å²) in [6.45, 7) is 0.601. The fraction of sp³-hybridized carbons (Fsp3) is 0.455. The quantitative estimate of drug-likeness (QED) is 0.845. The maximum Gasteiger partial charge on any atom is 0.403 e. The lowest BCUT2D eigenvalue weighted by atomic mass is 10.0. The summed E-state index contributed by atoms with van der Waals surface area (Å²) < 4.78 is 42.0. The van der Waals surface area contributed by atoms with E-state index in [1.165, 1.54) is 0 Å². The van der Waals surface area contributed by atoms with Crippen LogP contribution in [0.1, 0.15) is 11.1 Å². The molecule has 0 aliphatic carbocycles. The van der Waals surface area contributed by atoms with Crippen molar-refractivity contribution in [2.24, 2.45) is 5.73 Å². The summed E-state index contributed by atoms with van der Waals surface area (Å²) in [5.74, 6) is 0.768. The van der Waals surface area contributed by atoms with Crippen molar-refractivity contribution in [2.75, 3.05) is 6.61 Å². The molecule has 2 nitrogen and oxygen atoms in total. The second-order valence-corrected chi connectivity index (χ2v) is 3.89. The summed E-state index contributed by atoms with van der Waals surface area (Å²) in [5, 5.41) is 0. The van der Waals surface area contributed by atoms with Gasteiger partial charge in [-0.15, -0.1) is 0 Å². The van der Waals surface area contributed by atoms with Gasteiger partial charge in [-0.2, -0.15) is 13.2 Å². The normalized spacial score (nSPS) is 16.8. The van der Waals surface area contributed by atoms with E-state index in [1.807, 2.05) is 0 Å². The summed E-state index contributed by atoms with van der Waals surface area (Å²) in [5.41, 5.74) is 6.64. The minimum Gasteiger partial charge on any atom is -0.493 e. The predicted molar refractivity (Wildman–Crippen MR) is 53.4 cm³/mol. The Morgan fingerprint density at radius 2 is 2.12 bits per heavy atom. The van der Waals surface area contributed by atoms with Gasteiger partial charge in [0.15, 0.2) is 0 Å². The van der Waals surface area contributed by atoms with Crippen LogP contribution >= 0.6 is 0 Å². The summed E-state index contributed by atoms with van der Waals surface area (Å²) >= 11 is 0. The van der Waals surface area contributed by atoms with Crippen molar-refractivity contribution in [1.82, 2.24) is 0 Å². The van der Waals surface area contributed by atoms with Crippen LogP contribution in [0.5, 0.6) is 5.75 Å². The highest BCUT2D eigenvalue weighted by Crippen LogP contribution is 2.28. The third-order valence-corrected chi connectivity index (χ3v) is 2.63. The van der Waals surface area contributed by atoms with Gasteiger partial charge in [0.05, 0.1) is 6.61 Å². The molecule has 0 spiro atoms. The molecule has 5 heteroatoms. The van der Waals surface area contributed by atoms with Crippen LogP contribution in [0.2, 0.25) is 0 Å². The summed E-state index contributed by atoms with van der Waals surface area (Å²) in [6.07, 6.45) is -3.77. The van der Waals surface area contributed by atoms with Crippen molar-refractivity contribution in [3.8, 4) is 5.75 Å². The zero-order valence-electron chi connectivity index (χ0n) is 8.55.